The van der Waals surface area contributed by atoms with Crippen molar-refractivity contribution in [1.82, 2.24) is 5.32 Å². The summed E-state index contributed by atoms with van der Waals surface area (Å²) >= 11 is 1.63. The Hall–Kier alpha value is -3.19. The van der Waals surface area contributed by atoms with E-state index in [4.69, 9.17) is 4.74 Å². The normalized spacial score (nSPS) is 14.5. The summed E-state index contributed by atoms with van der Waals surface area (Å²) in [5.74, 6) is 0.00239. The van der Waals surface area contributed by atoms with Crippen LogP contribution in [0.3, 0.4) is 0 Å². The maximum absolute atomic E-state index is 12.3. The van der Waals surface area contributed by atoms with Crippen molar-refractivity contribution in [1.29, 1.82) is 0 Å². The van der Waals surface area contributed by atoms with Gasteiger partial charge >= 0.3 is 6.09 Å². The number of aliphatic hydroxyl groups excluding tert-OH is 2. The Labute approximate surface area is 196 Å². The summed E-state index contributed by atoms with van der Waals surface area (Å²) in [6.07, 6.45) is -2.32. The second-order valence-corrected chi connectivity index (χ2v) is 9.22. The predicted octanol–water partition coefficient (Wildman–Crippen LogP) is 5.22. The van der Waals surface area contributed by atoms with Crippen molar-refractivity contribution in [3.63, 3.8) is 0 Å². The molecule has 0 bridgehead atoms. The number of ether oxygens (including phenoxy) is 1. The van der Waals surface area contributed by atoms with Gasteiger partial charge in [-0.25, -0.2) is 4.79 Å². The number of aliphatic hydroxyl groups is 2. The second-order valence-electron chi connectivity index (χ2n) is 8.27. The number of fused-ring (bicyclic) bond motifs is 4. The summed E-state index contributed by atoms with van der Waals surface area (Å²) in [4.78, 5) is 12.3. The third kappa shape index (κ3) is 4.37. The van der Waals surface area contributed by atoms with Crippen LogP contribution in [-0.4, -0.2) is 35.6 Å². The smallest absolute Gasteiger partial charge is 0.407 e. The molecule has 33 heavy (non-hydrogen) atoms. The van der Waals surface area contributed by atoms with E-state index < -0.39 is 18.3 Å². The lowest BCUT2D eigenvalue weighted by molar-refractivity contribution is 0.0137. The summed E-state index contributed by atoms with van der Waals surface area (Å²) in [6.45, 7) is 0.446. The molecule has 0 saturated heterocycles. The van der Waals surface area contributed by atoms with Crippen molar-refractivity contribution in [2.75, 3.05) is 13.2 Å². The monoisotopic (exact) mass is 459 g/mol. The molecule has 2 atom stereocenters. The third-order valence-electron chi connectivity index (χ3n) is 6.24. The Morgan fingerprint density at radius 1 is 0.970 bits per heavy atom. The maximum atomic E-state index is 12.3. The lowest BCUT2D eigenvalue weighted by Gasteiger charge is -2.19. The van der Waals surface area contributed by atoms with Gasteiger partial charge in [-0.15, -0.1) is 11.3 Å². The summed E-state index contributed by atoms with van der Waals surface area (Å²) in [6, 6.07) is 24.0. The van der Waals surface area contributed by atoms with E-state index in [2.05, 4.69) is 29.6 Å². The number of thiophene rings is 1. The first-order valence-corrected chi connectivity index (χ1v) is 11.9. The SMILES string of the molecule is O=C(NCCC(O)C(O)c1ccc2sccc2c1)OCC1c2ccccc2-c2ccccc21. The van der Waals surface area contributed by atoms with Gasteiger partial charge in [-0.05, 0) is 63.2 Å². The first-order chi connectivity index (χ1) is 16.1. The van der Waals surface area contributed by atoms with Crippen LogP contribution in [0.1, 0.15) is 35.1 Å². The van der Waals surface area contributed by atoms with Crippen molar-refractivity contribution >= 4 is 27.5 Å². The van der Waals surface area contributed by atoms with Crippen molar-refractivity contribution in [3.05, 3.63) is 94.9 Å². The highest BCUT2D eigenvalue weighted by molar-refractivity contribution is 7.17. The fraction of sp³-hybridized carbons (Fsp3) is 0.222. The van der Waals surface area contributed by atoms with Crippen LogP contribution in [0.2, 0.25) is 0 Å². The minimum atomic E-state index is -1.02. The van der Waals surface area contributed by atoms with E-state index in [0.29, 0.717) is 5.56 Å². The quantitative estimate of drug-likeness (QED) is 0.354. The fourth-order valence-corrected chi connectivity index (χ4v) is 5.29. The van der Waals surface area contributed by atoms with Crippen molar-refractivity contribution in [3.8, 4) is 11.1 Å². The highest BCUT2D eigenvalue weighted by atomic mass is 32.1. The van der Waals surface area contributed by atoms with Crippen molar-refractivity contribution < 1.29 is 19.7 Å². The van der Waals surface area contributed by atoms with Gasteiger partial charge in [0.25, 0.3) is 0 Å². The molecule has 168 valence electrons. The molecule has 1 aromatic heterocycles. The van der Waals surface area contributed by atoms with Crippen LogP contribution in [0.4, 0.5) is 4.79 Å². The van der Waals surface area contributed by atoms with Crippen LogP contribution in [0, 0.1) is 0 Å². The topological polar surface area (TPSA) is 78.8 Å². The summed E-state index contributed by atoms with van der Waals surface area (Å²) in [5.41, 5.74) is 5.34. The maximum Gasteiger partial charge on any atom is 0.407 e. The van der Waals surface area contributed by atoms with Crippen molar-refractivity contribution in [2.24, 2.45) is 0 Å². The largest absolute Gasteiger partial charge is 0.449 e. The molecule has 0 saturated carbocycles. The molecule has 1 heterocycles. The van der Waals surface area contributed by atoms with Crippen molar-refractivity contribution in [2.45, 2.75) is 24.5 Å². The molecule has 3 N–H and O–H groups in total. The summed E-state index contributed by atoms with van der Waals surface area (Å²) < 4.78 is 6.65. The number of hydrogen-bond donors (Lipinski definition) is 3. The van der Waals surface area contributed by atoms with Crippen LogP contribution in [0.25, 0.3) is 21.2 Å². The molecule has 4 aromatic rings. The highest BCUT2D eigenvalue weighted by Crippen LogP contribution is 2.44. The number of amides is 1. The number of nitrogens with one attached hydrogen (secondary N) is 1. The number of alkyl carbamates (subject to hydrolysis) is 1. The molecule has 0 spiro atoms. The molecule has 6 heteroatoms. The Morgan fingerprint density at radius 3 is 2.39 bits per heavy atom. The van der Waals surface area contributed by atoms with Crippen LogP contribution in [-0.2, 0) is 4.74 Å². The van der Waals surface area contributed by atoms with E-state index in [1.807, 2.05) is 53.9 Å². The first kappa shape index (κ1) is 21.6. The Kier molecular flexibility index (Phi) is 6.13. The average Bonchev–Trinajstić information content (AvgIpc) is 3.44. The molecule has 1 aliphatic carbocycles. The van der Waals surface area contributed by atoms with Crippen LogP contribution < -0.4 is 5.32 Å². The van der Waals surface area contributed by atoms with E-state index in [9.17, 15) is 15.0 Å². The summed E-state index contributed by atoms with van der Waals surface area (Å²) in [5, 5.41) is 26.6. The lowest BCUT2D eigenvalue weighted by Crippen LogP contribution is -2.30. The number of carbonyl (C=O) groups is 1. The zero-order chi connectivity index (χ0) is 22.8. The molecule has 5 rings (SSSR count). The molecule has 3 aromatic carbocycles. The molecular weight excluding hydrogens is 434 g/mol. The van der Waals surface area contributed by atoms with Gasteiger partial charge in [0, 0.05) is 17.2 Å². The molecule has 0 fully saturated rings. The minimum Gasteiger partial charge on any atom is -0.449 e. The zero-order valence-corrected chi connectivity index (χ0v) is 18.8. The first-order valence-electron chi connectivity index (χ1n) is 11.0. The van der Waals surface area contributed by atoms with Crippen LogP contribution >= 0.6 is 11.3 Å². The Bertz CT molecular complexity index is 1240. The van der Waals surface area contributed by atoms with Gasteiger partial charge in [-0.3, -0.25) is 0 Å². The van der Waals surface area contributed by atoms with Gasteiger partial charge in [0.1, 0.15) is 12.7 Å². The van der Waals surface area contributed by atoms with Crippen LogP contribution in [0.5, 0.6) is 0 Å². The second kappa shape index (κ2) is 9.35. The Morgan fingerprint density at radius 2 is 1.67 bits per heavy atom. The molecule has 0 aliphatic heterocycles. The fourth-order valence-electron chi connectivity index (χ4n) is 4.52. The number of carbonyl (C=O) groups excluding carboxylic acids is 1. The van der Waals surface area contributed by atoms with Gasteiger partial charge in [-0.1, -0.05) is 54.6 Å². The molecule has 0 radical (unpaired) electrons. The minimum absolute atomic E-state index is 0.00239. The van der Waals surface area contributed by atoms with Gasteiger partial charge in [-0.2, -0.15) is 0 Å². The molecule has 1 amide bonds. The standard InChI is InChI=1S/C27H25NO4S/c29-24(26(30)18-9-10-25-17(15-18)12-14-33-25)11-13-28-27(31)32-16-23-21-7-3-1-5-19(21)20-6-2-4-8-22(20)23/h1-10,12,14-15,23-24,26,29-30H,11,13,16H2,(H,28,31). The van der Waals surface area contributed by atoms with E-state index >= 15 is 0 Å². The average molecular weight is 460 g/mol. The Balaban J connectivity index is 1.13. The third-order valence-corrected chi connectivity index (χ3v) is 7.13. The molecule has 2 unspecified atom stereocenters. The predicted molar refractivity (Wildman–Crippen MR) is 130 cm³/mol. The van der Waals surface area contributed by atoms with E-state index in [1.165, 1.54) is 11.1 Å². The number of rotatable bonds is 7. The van der Waals surface area contributed by atoms with E-state index in [1.54, 1.807) is 11.3 Å². The molecular formula is C27H25NO4S. The van der Waals surface area contributed by atoms with Gasteiger partial charge < -0.3 is 20.3 Å². The van der Waals surface area contributed by atoms with Crippen LogP contribution in [0.15, 0.2) is 78.2 Å². The number of hydrogen-bond acceptors (Lipinski definition) is 5. The van der Waals surface area contributed by atoms with Gasteiger partial charge in [0.15, 0.2) is 0 Å². The van der Waals surface area contributed by atoms with Gasteiger partial charge in [0.05, 0.1) is 6.10 Å². The van der Waals surface area contributed by atoms with E-state index in [0.717, 1.165) is 21.2 Å². The van der Waals surface area contributed by atoms with E-state index in [-0.39, 0.29) is 25.5 Å². The number of benzene rings is 3. The molecule has 1 aliphatic rings. The lowest BCUT2D eigenvalue weighted by atomic mass is 9.98. The molecule has 5 nitrogen and oxygen atoms in total. The summed E-state index contributed by atoms with van der Waals surface area (Å²) in [7, 11) is 0. The zero-order valence-electron chi connectivity index (χ0n) is 18.0. The highest BCUT2D eigenvalue weighted by Gasteiger charge is 2.29. The van der Waals surface area contributed by atoms with Gasteiger partial charge in [0.2, 0.25) is 0 Å².